The highest BCUT2D eigenvalue weighted by atomic mass is 16.6. The first-order valence-corrected chi connectivity index (χ1v) is 6.46. The van der Waals surface area contributed by atoms with Gasteiger partial charge in [0.25, 0.3) is 5.69 Å². The van der Waals surface area contributed by atoms with Gasteiger partial charge in [-0.2, -0.15) is 0 Å². The van der Waals surface area contributed by atoms with Crippen LogP contribution in [0.5, 0.6) is 0 Å². The highest BCUT2D eigenvalue weighted by Gasteiger charge is 2.09. The van der Waals surface area contributed by atoms with Crippen molar-refractivity contribution in [3.8, 4) is 0 Å². The summed E-state index contributed by atoms with van der Waals surface area (Å²) < 4.78 is 0. The molecule has 0 N–H and O–H groups in total. The summed E-state index contributed by atoms with van der Waals surface area (Å²) in [5.41, 5.74) is 2.85. The van der Waals surface area contributed by atoms with E-state index in [0.717, 1.165) is 17.0 Å². The number of nitro benzene ring substituents is 1. The van der Waals surface area contributed by atoms with E-state index in [-0.39, 0.29) is 11.6 Å². The quantitative estimate of drug-likeness (QED) is 0.469. The minimum Gasteiger partial charge on any atom is -0.258 e. The summed E-state index contributed by atoms with van der Waals surface area (Å²) in [5.74, 6) is 0.271. The minimum absolute atomic E-state index is 0.0785. The molecule has 0 saturated carbocycles. The second kappa shape index (κ2) is 6.10. The maximum absolute atomic E-state index is 10.6. The first kappa shape index (κ1) is 13.9. The first-order valence-electron chi connectivity index (χ1n) is 6.46. The fraction of sp³-hybridized carbons (Fsp3) is 0.188. The Balaban J connectivity index is 2.37. The van der Waals surface area contributed by atoms with Gasteiger partial charge in [0, 0.05) is 12.1 Å². The van der Waals surface area contributed by atoms with E-state index < -0.39 is 4.92 Å². The molecule has 102 valence electrons. The molecule has 0 aliphatic rings. The molecule has 0 bridgehead atoms. The van der Waals surface area contributed by atoms with Crippen molar-refractivity contribution in [3.63, 3.8) is 0 Å². The maximum Gasteiger partial charge on any atom is 0.269 e. The third-order valence-electron chi connectivity index (χ3n) is 2.93. The van der Waals surface area contributed by atoms with Crippen LogP contribution in [0.15, 0.2) is 59.6 Å². The van der Waals surface area contributed by atoms with Crippen LogP contribution < -0.4 is 0 Å². The molecule has 0 aliphatic carbocycles. The molecule has 0 fully saturated rings. The summed E-state index contributed by atoms with van der Waals surface area (Å²) >= 11 is 0. The van der Waals surface area contributed by atoms with Gasteiger partial charge in [-0.3, -0.25) is 15.1 Å². The average molecular weight is 268 g/mol. The van der Waals surface area contributed by atoms with E-state index in [4.69, 9.17) is 0 Å². The van der Waals surface area contributed by atoms with Gasteiger partial charge in [0.1, 0.15) is 0 Å². The lowest BCUT2D eigenvalue weighted by molar-refractivity contribution is -0.384. The second-order valence-corrected chi connectivity index (χ2v) is 4.79. The Morgan fingerprint density at radius 3 is 2.15 bits per heavy atom. The average Bonchev–Trinajstić information content (AvgIpc) is 2.46. The van der Waals surface area contributed by atoms with Gasteiger partial charge < -0.3 is 0 Å². The highest BCUT2D eigenvalue weighted by molar-refractivity contribution is 6.03. The lowest BCUT2D eigenvalue weighted by Gasteiger charge is -2.10. The van der Waals surface area contributed by atoms with Crippen LogP contribution in [0.4, 0.5) is 11.4 Å². The Bertz CT molecular complexity index is 617. The molecule has 2 aromatic carbocycles. The Kier molecular flexibility index (Phi) is 4.25. The smallest absolute Gasteiger partial charge is 0.258 e. The SMILES string of the molecule is CC(C)C(=Nc1ccc([N+](=O)[O-])cc1)c1ccccc1. The molecule has 0 amide bonds. The topological polar surface area (TPSA) is 55.5 Å². The number of hydrogen-bond donors (Lipinski definition) is 0. The van der Waals surface area contributed by atoms with Crippen LogP contribution in [-0.4, -0.2) is 10.6 Å². The number of nitro groups is 1. The largest absolute Gasteiger partial charge is 0.269 e. The van der Waals surface area contributed by atoms with Crippen molar-refractivity contribution in [3.05, 3.63) is 70.3 Å². The van der Waals surface area contributed by atoms with Gasteiger partial charge in [-0.05, 0) is 23.6 Å². The molecule has 0 radical (unpaired) electrons. The van der Waals surface area contributed by atoms with Gasteiger partial charge in [-0.1, -0.05) is 44.2 Å². The fourth-order valence-electron chi connectivity index (χ4n) is 1.92. The van der Waals surface area contributed by atoms with E-state index in [1.54, 1.807) is 12.1 Å². The van der Waals surface area contributed by atoms with Crippen LogP contribution in [0, 0.1) is 16.0 Å². The van der Waals surface area contributed by atoms with Crippen LogP contribution >= 0.6 is 0 Å². The van der Waals surface area contributed by atoms with Crippen molar-refractivity contribution in [2.24, 2.45) is 10.9 Å². The Morgan fingerprint density at radius 1 is 1.05 bits per heavy atom. The van der Waals surface area contributed by atoms with Gasteiger partial charge in [0.05, 0.1) is 16.3 Å². The summed E-state index contributed by atoms with van der Waals surface area (Å²) in [7, 11) is 0. The lowest BCUT2D eigenvalue weighted by Crippen LogP contribution is -2.08. The van der Waals surface area contributed by atoms with Crippen molar-refractivity contribution in [1.29, 1.82) is 0 Å². The molecule has 0 aromatic heterocycles. The Morgan fingerprint density at radius 2 is 1.65 bits per heavy atom. The molecule has 0 saturated heterocycles. The summed E-state index contributed by atoms with van der Waals surface area (Å²) in [4.78, 5) is 14.8. The van der Waals surface area contributed by atoms with Gasteiger partial charge in [0.2, 0.25) is 0 Å². The predicted molar refractivity (Wildman–Crippen MR) is 80.6 cm³/mol. The van der Waals surface area contributed by atoms with Crippen molar-refractivity contribution in [2.45, 2.75) is 13.8 Å². The zero-order chi connectivity index (χ0) is 14.5. The third kappa shape index (κ3) is 3.29. The first-order chi connectivity index (χ1) is 9.58. The summed E-state index contributed by atoms with van der Waals surface area (Å²) in [6, 6.07) is 16.2. The van der Waals surface area contributed by atoms with Crippen molar-refractivity contribution in [1.82, 2.24) is 0 Å². The van der Waals surface area contributed by atoms with Gasteiger partial charge in [-0.15, -0.1) is 0 Å². The zero-order valence-electron chi connectivity index (χ0n) is 11.5. The summed E-state index contributed by atoms with van der Waals surface area (Å²) in [6.07, 6.45) is 0. The molecule has 0 aliphatic heterocycles. The molecule has 0 unspecified atom stereocenters. The standard InChI is InChI=1S/C16H16N2O2/c1-12(2)16(13-6-4-3-5-7-13)17-14-8-10-15(11-9-14)18(19)20/h3-12H,1-2H3. The monoisotopic (exact) mass is 268 g/mol. The van der Waals surface area contributed by atoms with Crippen molar-refractivity contribution >= 4 is 17.1 Å². The Hall–Kier alpha value is -2.49. The molecule has 0 atom stereocenters. The molecule has 0 heterocycles. The molecule has 4 heteroatoms. The van der Waals surface area contributed by atoms with Crippen LogP contribution in [0.1, 0.15) is 19.4 Å². The highest BCUT2D eigenvalue weighted by Crippen LogP contribution is 2.21. The van der Waals surface area contributed by atoms with Crippen LogP contribution in [0.3, 0.4) is 0 Å². The molecule has 2 rings (SSSR count). The van der Waals surface area contributed by atoms with Crippen molar-refractivity contribution < 1.29 is 4.92 Å². The number of rotatable bonds is 4. The van der Waals surface area contributed by atoms with E-state index in [0.29, 0.717) is 0 Å². The van der Waals surface area contributed by atoms with Gasteiger partial charge in [0.15, 0.2) is 0 Å². The number of benzene rings is 2. The molecular weight excluding hydrogens is 252 g/mol. The summed E-state index contributed by atoms with van der Waals surface area (Å²) in [5, 5.41) is 10.6. The summed E-state index contributed by atoms with van der Waals surface area (Å²) in [6.45, 7) is 4.16. The maximum atomic E-state index is 10.6. The molecule has 2 aromatic rings. The molecular formula is C16H16N2O2. The minimum atomic E-state index is -0.409. The molecule has 4 nitrogen and oxygen atoms in total. The predicted octanol–water partition coefficient (Wildman–Crippen LogP) is 4.37. The molecule has 0 spiro atoms. The third-order valence-corrected chi connectivity index (χ3v) is 2.93. The van der Waals surface area contributed by atoms with E-state index in [1.807, 2.05) is 30.3 Å². The van der Waals surface area contributed by atoms with E-state index >= 15 is 0 Å². The second-order valence-electron chi connectivity index (χ2n) is 4.79. The number of aliphatic imine (C=N–C) groups is 1. The molecule has 20 heavy (non-hydrogen) atoms. The number of nitrogens with zero attached hydrogens (tertiary/aromatic N) is 2. The normalized spacial score (nSPS) is 11.7. The van der Waals surface area contributed by atoms with Crippen LogP contribution in [0.25, 0.3) is 0 Å². The fourth-order valence-corrected chi connectivity index (χ4v) is 1.92. The van der Waals surface area contributed by atoms with E-state index in [9.17, 15) is 10.1 Å². The van der Waals surface area contributed by atoms with Crippen LogP contribution in [0.2, 0.25) is 0 Å². The van der Waals surface area contributed by atoms with E-state index in [2.05, 4.69) is 18.8 Å². The Labute approximate surface area is 117 Å². The zero-order valence-corrected chi connectivity index (χ0v) is 11.5. The van der Waals surface area contributed by atoms with Gasteiger partial charge >= 0.3 is 0 Å². The number of non-ortho nitro benzene ring substituents is 1. The lowest BCUT2D eigenvalue weighted by atomic mass is 10.00. The van der Waals surface area contributed by atoms with E-state index in [1.165, 1.54) is 12.1 Å². The van der Waals surface area contributed by atoms with Gasteiger partial charge in [-0.25, -0.2) is 0 Å². The van der Waals surface area contributed by atoms with Crippen LogP contribution in [-0.2, 0) is 0 Å². The van der Waals surface area contributed by atoms with Crippen molar-refractivity contribution in [2.75, 3.05) is 0 Å². The number of hydrogen-bond acceptors (Lipinski definition) is 3.